The van der Waals surface area contributed by atoms with Gasteiger partial charge < -0.3 is 5.11 Å². The lowest BCUT2D eigenvalue weighted by Gasteiger charge is -2.40. The van der Waals surface area contributed by atoms with E-state index in [9.17, 15) is 4.79 Å². The molecule has 128 valence electrons. The molecule has 2 aliphatic rings. The molecule has 0 spiro atoms. The van der Waals surface area contributed by atoms with Gasteiger partial charge in [-0.05, 0) is 17.6 Å². The zero-order valence-corrected chi connectivity index (χ0v) is 14.1. The highest BCUT2D eigenvalue weighted by Gasteiger charge is 2.28. The summed E-state index contributed by atoms with van der Waals surface area (Å²) in [5, 5.41) is 8.96. The van der Waals surface area contributed by atoms with E-state index in [0.29, 0.717) is 0 Å². The van der Waals surface area contributed by atoms with Crippen LogP contribution in [0, 0.1) is 0 Å². The largest absolute Gasteiger partial charge is 0.480 e. The third-order valence-corrected chi connectivity index (χ3v) is 4.37. The SMILES string of the molecule is C=C/C=C(\C=C)C(C1=CC=CC=CC1)N1CCN(CC(=O)O)CC1. The van der Waals surface area contributed by atoms with E-state index in [-0.39, 0.29) is 12.6 Å². The van der Waals surface area contributed by atoms with Gasteiger partial charge in [0.1, 0.15) is 0 Å². The van der Waals surface area contributed by atoms with E-state index in [1.807, 2.05) is 23.1 Å². The second-order valence-corrected chi connectivity index (χ2v) is 5.97. The average Bonchev–Trinajstić information content (AvgIpc) is 2.84. The summed E-state index contributed by atoms with van der Waals surface area (Å²) in [5.41, 5.74) is 2.45. The number of hydrogen-bond acceptors (Lipinski definition) is 3. The highest BCUT2D eigenvalue weighted by atomic mass is 16.4. The monoisotopic (exact) mass is 326 g/mol. The first-order valence-corrected chi connectivity index (χ1v) is 8.31. The number of hydrogen-bond donors (Lipinski definition) is 1. The van der Waals surface area contributed by atoms with Gasteiger partial charge in [-0.1, -0.05) is 61.8 Å². The Kier molecular flexibility index (Phi) is 6.97. The molecule has 1 aliphatic heterocycles. The molecule has 24 heavy (non-hydrogen) atoms. The van der Waals surface area contributed by atoms with Gasteiger partial charge >= 0.3 is 5.97 Å². The van der Waals surface area contributed by atoms with Crippen LogP contribution in [0.2, 0.25) is 0 Å². The normalized spacial score (nSPS) is 21.0. The van der Waals surface area contributed by atoms with Crippen molar-refractivity contribution in [2.75, 3.05) is 32.7 Å². The molecule has 1 aliphatic carbocycles. The molecule has 0 bridgehead atoms. The third-order valence-electron chi connectivity index (χ3n) is 4.37. The van der Waals surface area contributed by atoms with Gasteiger partial charge in [0.25, 0.3) is 0 Å². The summed E-state index contributed by atoms with van der Waals surface area (Å²) in [4.78, 5) is 15.3. The van der Waals surface area contributed by atoms with Crippen molar-refractivity contribution in [2.24, 2.45) is 0 Å². The molecule has 0 aromatic rings. The van der Waals surface area contributed by atoms with Crippen LogP contribution in [0.5, 0.6) is 0 Å². The van der Waals surface area contributed by atoms with Crippen LogP contribution < -0.4 is 0 Å². The van der Waals surface area contributed by atoms with Crippen molar-refractivity contribution in [1.82, 2.24) is 9.80 Å². The zero-order chi connectivity index (χ0) is 17.4. The van der Waals surface area contributed by atoms with Crippen molar-refractivity contribution in [2.45, 2.75) is 12.5 Å². The Morgan fingerprint density at radius 3 is 2.58 bits per heavy atom. The number of piperazine rings is 1. The van der Waals surface area contributed by atoms with Gasteiger partial charge in [0.15, 0.2) is 0 Å². The zero-order valence-electron chi connectivity index (χ0n) is 14.1. The summed E-state index contributed by atoms with van der Waals surface area (Å²) in [6, 6.07) is 0.153. The van der Waals surface area contributed by atoms with E-state index in [1.165, 1.54) is 5.57 Å². The van der Waals surface area contributed by atoms with Crippen molar-refractivity contribution in [1.29, 1.82) is 0 Å². The maximum atomic E-state index is 10.9. The number of rotatable bonds is 7. The molecular formula is C20H26N2O2. The van der Waals surface area contributed by atoms with E-state index < -0.39 is 5.97 Å². The van der Waals surface area contributed by atoms with Gasteiger partial charge in [-0.15, -0.1) is 0 Å². The Balaban J connectivity index is 2.19. The van der Waals surface area contributed by atoms with Crippen LogP contribution in [-0.2, 0) is 4.79 Å². The minimum Gasteiger partial charge on any atom is -0.480 e. The van der Waals surface area contributed by atoms with E-state index in [0.717, 1.165) is 38.2 Å². The van der Waals surface area contributed by atoms with E-state index >= 15 is 0 Å². The summed E-state index contributed by atoms with van der Waals surface area (Å²) < 4.78 is 0. The maximum Gasteiger partial charge on any atom is 0.317 e. The molecule has 0 saturated carbocycles. The molecule has 1 N–H and O–H groups in total. The minimum atomic E-state index is -0.764. The number of carboxylic acids is 1. The van der Waals surface area contributed by atoms with Gasteiger partial charge in [0, 0.05) is 26.2 Å². The van der Waals surface area contributed by atoms with E-state index in [4.69, 9.17) is 5.11 Å². The minimum absolute atomic E-state index is 0.115. The number of allylic oxidation sites excluding steroid dienone is 7. The molecule has 2 rings (SSSR count). The molecule has 0 aromatic carbocycles. The van der Waals surface area contributed by atoms with Crippen LogP contribution in [0.4, 0.5) is 0 Å². The van der Waals surface area contributed by atoms with Gasteiger partial charge in [0.05, 0.1) is 12.6 Å². The van der Waals surface area contributed by atoms with Crippen molar-refractivity contribution < 1.29 is 9.90 Å². The van der Waals surface area contributed by atoms with E-state index in [1.54, 1.807) is 6.08 Å². The van der Waals surface area contributed by atoms with Gasteiger partial charge in [-0.25, -0.2) is 0 Å². The average molecular weight is 326 g/mol. The first kappa shape index (κ1) is 18.2. The van der Waals surface area contributed by atoms with Gasteiger partial charge in [-0.3, -0.25) is 14.6 Å². The van der Waals surface area contributed by atoms with Crippen molar-refractivity contribution in [3.63, 3.8) is 0 Å². The Morgan fingerprint density at radius 1 is 1.21 bits per heavy atom. The quantitative estimate of drug-likeness (QED) is 0.731. The third kappa shape index (κ3) is 4.91. The van der Waals surface area contributed by atoms with Crippen LogP contribution in [0.3, 0.4) is 0 Å². The van der Waals surface area contributed by atoms with Crippen LogP contribution >= 0.6 is 0 Å². The molecule has 1 unspecified atom stereocenters. The fourth-order valence-electron chi connectivity index (χ4n) is 3.23. The summed E-state index contributed by atoms with van der Waals surface area (Å²) in [6.07, 6.45) is 17.1. The fourth-order valence-corrected chi connectivity index (χ4v) is 3.23. The lowest BCUT2D eigenvalue weighted by atomic mass is 9.93. The van der Waals surface area contributed by atoms with Crippen molar-refractivity contribution in [3.05, 3.63) is 72.9 Å². The molecule has 4 nitrogen and oxygen atoms in total. The summed E-state index contributed by atoms with van der Waals surface area (Å²) >= 11 is 0. The lowest BCUT2D eigenvalue weighted by molar-refractivity contribution is -0.138. The molecule has 0 amide bonds. The lowest BCUT2D eigenvalue weighted by Crippen LogP contribution is -2.52. The Morgan fingerprint density at radius 2 is 1.96 bits per heavy atom. The summed E-state index contributed by atoms with van der Waals surface area (Å²) in [7, 11) is 0. The highest BCUT2D eigenvalue weighted by Crippen LogP contribution is 2.25. The predicted octanol–water partition coefficient (Wildman–Crippen LogP) is 2.80. The van der Waals surface area contributed by atoms with Gasteiger partial charge in [-0.2, -0.15) is 0 Å². The Bertz CT molecular complexity index is 591. The Hall–Kier alpha value is -2.17. The smallest absolute Gasteiger partial charge is 0.317 e. The summed E-state index contributed by atoms with van der Waals surface area (Å²) in [5.74, 6) is -0.764. The number of carboxylic acid groups (broad SMARTS) is 1. The topological polar surface area (TPSA) is 43.8 Å². The van der Waals surface area contributed by atoms with Gasteiger partial charge in [0.2, 0.25) is 0 Å². The molecular weight excluding hydrogens is 300 g/mol. The first-order chi connectivity index (χ1) is 11.7. The van der Waals surface area contributed by atoms with Crippen LogP contribution in [0.25, 0.3) is 0 Å². The molecule has 1 atom stereocenters. The van der Waals surface area contributed by atoms with Crippen molar-refractivity contribution in [3.8, 4) is 0 Å². The molecule has 1 heterocycles. The molecule has 1 fully saturated rings. The predicted molar refractivity (Wildman–Crippen MR) is 98.9 cm³/mol. The maximum absolute atomic E-state index is 10.9. The molecule has 0 aromatic heterocycles. The highest BCUT2D eigenvalue weighted by molar-refractivity contribution is 5.69. The first-order valence-electron chi connectivity index (χ1n) is 8.31. The number of aliphatic carboxylic acids is 1. The van der Waals surface area contributed by atoms with Crippen LogP contribution in [-0.4, -0.2) is 59.6 Å². The molecule has 0 radical (unpaired) electrons. The second kappa shape index (κ2) is 9.21. The Labute approximate surface area is 144 Å². The summed E-state index contributed by atoms with van der Waals surface area (Å²) in [6.45, 7) is 11.1. The second-order valence-electron chi connectivity index (χ2n) is 5.97. The van der Waals surface area contributed by atoms with Crippen LogP contribution in [0.15, 0.2) is 72.9 Å². The number of nitrogens with zero attached hydrogens (tertiary/aromatic N) is 2. The number of carbonyl (C=O) groups is 1. The fraction of sp³-hybridized carbons (Fsp3) is 0.350. The standard InChI is InChI=1S/C20H26N2O2/c1-3-9-17(4-2)20(18-10-7-5-6-8-11-18)22-14-12-21(13-15-22)16-19(23)24/h3-10,20H,1-2,11-16H2,(H,23,24)/b17-9+. The van der Waals surface area contributed by atoms with Crippen molar-refractivity contribution >= 4 is 5.97 Å². The molecule has 1 saturated heterocycles. The molecule has 4 heteroatoms. The van der Waals surface area contributed by atoms with Crippen LogP contribution in [0.1, 0.15) is 6.42 Å². The van der Waals surface area contributed by atoms with E-state index in [2.05, 4.69) is 42.4 Å².